The standard InChI is InChI=1S/C13H20N2O4/c1-2-13(12(18)19)5-7-15(8-6-13)11(17)9-3-4-10(16)14-9/h9H,2-8H2,1H3,(H,14,16)(H,18,19)/t9-/m1/s1. The van der Waals surface area contributed by atoms with Gasteiger partial charge in [-0.15, -0.1) is 0 Å². The summed E-state index contributed by atoms with van der Waals surface area (Å²) in [4.78, 5) is 36.3. The average Bonchev–Trinajstić information content (AvgIpc) is 2.84. The summed E-state index contributed by atoms with van der Waals surface area (Å²) >= 11 is 0. The lowest BCUT2D eigenvalue weighted by atomic mass is 9.76. The molecule has 0 spiro atoms. The van der Waals surface area contributed by atoms with Crippen molar-refractivity contribution < 1.29 is 19.5 Å². The molecule has 0 saturated carbocycles. The number of rotatable bonds is 3. The molecule has 2 rings (SSSR count). The summed E-state index contributed by atoms with van der Waals surface area (Å²) in [5, 5.41) is 12.0. The first-order valence-corrected chi connectivity index (χ1v) is 6.80. The highest BCUT2D eigenvalue weighted by Crippen LogP contribution is 2.35. The van der Waals surface area contributed by atoms with Gasteiger partial charge in [-0.05, 0) is 25.7 Å². The minimum absolute atomic E-state index is 0.0686. The molecule has 2 heterocycles. The molecule has 19 heavy (non-hydrogen) atoms. The number of carboxylic acid groups (broad SMARTS) is 1. The smallest absolute Gasteiger partial charge is 0.309 e. The molecule has 0 unspecified atom stereocenters. The van der Waals surface area contributed by atoms with E-state index < -0.39 is 17.4 Å². The SMILES string of the molecule is CCC1(C(=O)O)CCN(C(=O)[C@H]2CCC(=O)N2)CC1. The van der Waals surface area contributed by atoms with Gasteiger partial charge >= 0.3 is 5.97 Å². The Morgan fingerprint density at radius 1 is 1.42 bits per heavy atom. The summed E-state index contributed by atoms with van der Waals surface area (Å²) in [6, 6.07) is -0.411. The molecule has 0 aromatic rings. The average molecular weight is 268 g/mol. The van der Waals surface area contributed by atoms with Gasteiger partial charge in [0, 0.05) is 19.5 Å². The van der Waals surface area contributed by atoms with E-state index in [2.05, 4.69) is 5.32 Å². The third kappa shape index (κ3) is 2.57. The van der Waals surface area contributed by atoms with Gasteiger partial charge in [-0.1, -0.05) is 6.92 Å². The first-order valence-electron chi connectivity index (χ1n) is 6.80. The zero-order valence-corrected chi connectivity index (χ0v) is 11.1. The summed E-state index contributed by atoms with van der Waals surface area (Å²) in [5.41, 5.74) is -0.685. The number of carboxylic acids is 1. The quantitative estimate of drug-likeness (QED) is 0.774. The highest BCUT2D eigenvalue weighted by Gasteiger charge is 2.42. The first-order chi connectivity index (χ1) is 8.98. The van der Waals surface area contributed by atoms with Crippen molar-refractivity contribution in [3.63, 3.8) is 0 Å². The van der Waals surface area contributed by atoms with Crippen LogP contribution in [0.3, 0.4) is 0 Å². The molecule has 0 aliphatic carbocycles. The largest absolute Gasteiger partial charge is 0.481 e. The van der Waals surface area contributed by atoms with Crippen molar-refractivity contribution in [2.24, 2.45) is 5.41 Å². The summed E-state index contributed by atoms with van der Waals surface area (Å²) in [5.74, 6) is -0.916. The molecule has 2 amide bonds. The van der Waals surface area contributed by atoms with E-state index in [9.17, 15) is 19.5 Å². The van der Waals surface area contributed by atoms with Crippen molar-refractivity contribution in [3.8, 4) is 0 Å². The van der Waals surface area contributed by atoms with Crippen molar-refractivity contribution in [2.75, 3.05) is 13.1 Å². The molecule has 2 aliphatic heterocycles. The van der Waals surface area contributed by atoms with Gasteiger partial charge in [0.05, 0.1) is 5.41 Å². The lowest BCUT2D eigenvalue weighted by Gasteiger charge is -2.39. The van der Waals surface area contributed by atoms with E-state index in [-0.39, 0.29) is 11.8 Å². The van der Waals surface area contributed by atoms with E-state index in [4.69, 9.17) is 0 Å². The second-order valence-corrected chi connectivity index (χ2v) is 5.42. The Labute approximate surface area is 112 Å². The highest BCUT2D eigenvalue weighted by molar-refractivity contribution is 5.91. The summed E-state index contributed by atoms with van der Waals surface area (Å²) in [6.07, 6.45) is 2.52. The molecular weight excluding hydrogens is 248 g/mol. The van der Waals surface area contributed by atoms with Gasteiger partial charge in [0.2, 0.25) is 11.8 Å². The number of aliphatic carboxylic acids is 1. The van der Waals surface area contributed by atoms with Crippen LogP contribution in [0, 0.1) is 5.41 Å². The van der Waals surface area contributed by atoms with E-state index in [1.54, 1.807) is 4.90 Å². The molecule has 0 radical (unpaired) electrons. The summed E-state index contributed by atoms with van der Waals surface area (Å²) < 4.78 is 0. The number of nitrogens with zero attached hydrogens (tertiary/aromatic N) is 1. The molecule has 2 fully saturated rings. The van der Waals surface area contributed by atoms with Crippen molar-refractivity contribution in [2.45, 2.75) is 45.1 Å². The molecule has 1 atom stereocenters. The third-order valence-corrected chi connectivity index (χ3v) is 4.46. The van der Waals surface area contributed by atoms with Crippen LogP contribution in [0.2, 0.25) is 0 Å². The number of carbonyl (C=O) groups excluding carboxylic acids is 2. The van der Waals surface area contributed by atoms with Gasteiger partial charge in [0.15, 0.2) is 0 Å². The molecular formula is C13H20N2O4. The van der Waals surface area contributed by atoms with Crippen molar-refractivity contribution in [1.29, 1.82) is 0 Å². The second-order valence-electron chi connectivity index (χ2n) is 5.42. The fraction of sp³-hybridized carbons (Fsp3) is 0.769. The third-order valence-electron chi connectivity index (χ3n) is 4.46. The van der Waals surface area contributed by atoms with Crippen LogP contribution in [0.5, 0.6) is 0 Å². The van der Waals surface area contributed by atoms with E-state index in [0.717, 1.165) is 0 Å². The number of nitrogens with one attached hydrogen (secondary N) is 1. The number of likely N-dealkylation sites (tertiary alicyclic amines) is 1. The van der Waals surface area contributed by atoms with Crippen LogP contribution in [-0.4, -0.2) is 46.9 Å². The number of carbonyl (C=O) groups is 3. The van der Waals surface area contributed by atoms with E-state index in [1.807, 2.05) is 6.92 Å². The fourth-order valence-electron chi connectivity index (χ4n) is 2.89. The Hall–Kier alpha value is -1.59. The van der Waals surface area contributed by atoms with Gasteiger partial charge in [-0.25, -0.2) is 0 Å². The van der Waals surface area contributed by atoms with Gasteiger partial charge in [0.25, 0.3) is 0 Å². The molecule has 2 N–H and O–H groups in total. The highest BCUT2D eigenvalue weighted by atomic mass is 16.4. The predicted molar refractivity (Wildman–Crippen MR) is 67.3 cm³/mol. The second kappa shape index (κ2) is 5.19. The van der Waals surface area contributed by atoms with Crippen LogP contribution in [0.25, 0.3) is 0 Å². The Morgan fingerprint density at radius 2 is 2.05 bits per heavy atom. The van der Waals surface area contributed by atoms with E-state index in [0.29, 0.717) is 45.2 Å². The molecule has 6 nitrogen and oxygen atoms in total. The predicted octanol–water partition coefficient (Wildman–Crippen LogP) is 0.368. The van der Waals surface area contributed by atoms with Crippen LogP contribution in [0.1, 0.15) is 39.0 Å². The monoisotopic (exact) mass is 268 g/mol. The molecule has 6 heteroatoms. The Kier molecular flexibility index (Phi) is 3.78. The van der Waals surface area contributed by atoms with Gasteiger partial charge in [0.1, 0.15) is 6.04 Å². The van der Waals surface area contributed by atoms with Gasteiger partial charge in [-0.3, -0.25) is 14.4 Å². The molecule has 2 saturated heterocycles. The maximum atomic E-state index is 12.2. The van der Waals surface area contributed by atoms with Crippen LogP contribution >= 0.6 is 0 Å². The number of hydrogen-bond acceptors (Lipinski definition) is 3. The maximum Gasteiger partial charge on any atom is 0.309 e. The normalized spacial score (nSPS) is 26.1. The lowest BCUT2D eigenvalue weighted by molar-refractivity contribution is -0.155. The lowest BCUT2D eigenvalue weighted by Crippen LogP contribution is -2.51. The van der Waals surface area contributed by atoms with Gasteiger partial charge < -0.3 is 15.3 Å². The molecule has 2 aliphatic rings. The number of hydrogen-bond donors (Lipinski definition) is 2. The van der Waals surface area contributed by atoms with Crippen LogP contribution in [0.15, 0.2) is 0 Å². The summed E-state index contributed by atoms with van der Waals surface area (Å²) in [6.45, 7) is 2.81. The van der Waals surface area contributed by atoms with E-state index >= 15 is 0 Å². The molecule has 0 bridgehead atoms. The zero-order valence-electron chi connectivity index (χ0n) is 11.1. The number of piperidine rings is 1. The van der Waals surface area contributed by atoms with Gasteiger partial charge in [-0.2, -0.15) is 0 Å². The Morgan fingerprint density at radius 3 is 2.47 bits per heavy atom. The Balaban J connectivity index is 1.94. The molecule has 0 aromatic carbocycles. The topological polar surface area (TPSA) is 86.7 Å². The summed E-state index contributed by atoms with van der Waals surface area (Å²) in [7, 11) is 0. The van der Waals surface area contributed by atoms with Crippen molar-refractivity contribution in [1.82, 2.24) is 10.2 Å². The van der Waals surface area contributed by atoms with E-state index in [1.165, 1.54) is 0 Å². The number of amides is 2. The van der Waals surface area contributed by atoms with Crippen LogP contribution < -0.4 is 5.32 Å². The van der Waals surface area contributed by atoms with Crippen LogP contribution in [-0.2, 0) is 14.4 Å². The molecule has 0 aromatic heterocycles. The fourth-order valence-corrected chi connectivity index (χ4v) is 2.89. The van der Waals surface area contributed by atoms with Crippen molar-refractivity contribution >= 4 is 17.8 Å². The van der Waals surface area contributed by atoms with Crippen LogP contribution in [0.4, 0.5) is 0 Å². The minimum Gasteiger partial charge on any atom is -0.481 e. The van der Waals surface area contributed by atoms with Crippen molar-refractivity contribution in [3.05, 3.63) is 0 Å². The Bertz CT molecular complexity index is 399. The minimum atomic E-state index is -0.767. The molecule has 106 valence electrons. The first kappa shape index (κ1) is 13.8. The maximum absolute atomic E-state index is 12.2. The zero-order chi connectivity index (χ0) is 14.0.